The number of rotatable bonds is 9. The zero-order valence-corrected chi connectivity index (χ0v) is 19.0. The molecular formula is C21H31N5O4S. The number of hydrogen-bond donors (Lipinski definition) is 3. The second kappa shape index (κ2) is 10.7. The van der Waals surface area contributed by atoms with E-state index in [1.807, 2.05) is 6.07 Å². The normalized spacial score (nSPS) is 17.3. The van der Waals surface area contributed by atoms with Gasteiger partial charge in [-0.2, -0.15) is 0 Å². The number of aromatic nitrogens is 1. The number of ether oxygens (including phenoxy) is 1. The van der Waals surface area contributed by atoms with Crippen LogP contribution in [0.1, 0.15) is 49.6 Å². The van der Waals surface area contributed by atoms with Crippen molar-refractivity contribution in [2.45, 2.75) is 56.7 Å². The Labute approximate surface area is 183 Å². The molecule has 1 aromatic carbocycles. The van der Waals surface area contributed by atoms with Gasteiger partial charge >= 0.3 is 0 Å². The largest absolute Gasteiger partial charge is 0.377 e. The van der Waals surface area contributed by atoms with Gasteiger partial charge in [-0.05, 0) is 36.5 Å². The number of sulfonamides is 1. The van der Waals surface area contributed by atoms with E-state index in [0.29, 0.717) is 38.1 Å². The number of guanidine groups is 1. The van der Waals surface area contributed by atoms with Crippen LogP contribution in [-0.2, 0) is 27.8 Å². The maximum Gasteiger partial charge on any atom is 0.240 e. The van der Waals surface area contributed by atoms with Gasteiger partial charge in [-0.15, -0.1) is 0 Å². The molecule has 1 fully saturated rings. The molecule has 31 heavy (non-hydrogen) atoms. The predicted molar refractivity (Wildman–Crippen MR) is 118 cm³/mol. The van der Waals surface area contributed by atoms with Crippen molar-refractivity contribution in [2.24, 2.45) is 4.99 Å². The summed E-state index contributed by atoms with van der Waals surface area (Å²) in [7, 11) is -1.86. The summed E-state index contributed by atoms with van der Waals surface area (Å²) in [4.78, 5) is 4.43. The molecule has 3 N–H and O–H groups in total. The van der Waals surface area contributed by atoms with E-state index in [4.69, 9.17) is 9.26 Å². The van der Waals surface area contributed by atoms with Crippen molar-refractivity contribution in [3.63, 3.8) is 0 Å². The average Bonchev–Trinajstić information content (AvgIpc) is 3.45. The highest BCUT2D eigenvalue weighted by Gasteiger charge is 2.20. The Morgan fingerprint density at radius 1 is 1.23 bits per heavy atom. The van der Waals surface area contributed by atoms with Gasteiger partial charge in [-0.3, -0.25) is 4.99 Å². The van der Waals surface area contributed by atoms with Crippen molar-refractivity contribution in [1.29, 1.82) is 0 Å². The Kier molecular flexibility index (Phi) is 8.05. The molecular weight excluding hydrogens is 418 g/mol. The molecule has 0 saturated carbocycles. The van der Waals surface area contributed by atoms with E-state index in [2.05, 4.69) is 39.4 Å². The number of nitrogens with one attached hydrogen (secondary N) is 3. The van der Waals surface area contributed by atoms with Gasteiger partial charge in [-0.1, -0.05) is 31.1 Å². The molecule has 1 saturated heterocycles. The number of benzene rings is 1. The first-order valence-corrected chi connectivity index (χ1v) is 12.0. The van der Waals surface area contributed by atoms with Gasteiger partial charge in [0.25, 0.3) is 0 Å². The molecule has 170 valence electrons. The molecule has 0 bridgehead atoms. The molecule has 1 aromatic heterocycles. The zero-order chi connectivity index (χ0) is 22.3. The van der Waals surface area contributed by atoms with Crippen molar-refractivity contribution in [3.8, 4) is 0 Å². The van der Waals surface area contributed by atoms with E-state index in [9.17, 15) is 8.42 Å². The quantitative estimate of drug-likeness (QED) is 0.396. The first kappa shape index (κ1) is 23.2. The van der Waals surface area contributed by atoms with E-state index in [-0.39, 0.29) is 11.0 Å². The van der Waals surface area contributed by atoms with Crippen molar-refractivity contribution in [2.75, 3.05) is 20.2 Å². The lowest BCUT2D eigenvalue weighted by atomic mass is 10.1. The summed E-state index contributed by atoms with van der Waals surface area (Å²) in [5.74, 6) is 1.65. The maximum absolute atomic E-state index is 12.5. The zero-order valence-electron chi connectivity index (χ0n) is 18.2. The summed E-state index contributed by atoms with van der Waals surface area (Å²) in [6.07, 6.45) is 1.83. The highest BCUT2D eigenvalue weighted by molar-refractivity contribution is 7.89. The minimum Gasteiger partial charge on any atom is -0.377 e. The molecule has 0 radical (unpaired) electrons. The van der Waals surface area contributed by atoms with Crippen LogP contribution in [0.25, 0.3) is 0 Å². The van der Waals surface area contributed by atoms with E-state index < -0.39 is 10.0 Å². The van der Waals surface area contributed by atoms with Crippen LogP contribution in [0, 0.1) is 0 Å². The fourth-order valence-electron chi connectivity index (χ4n) is 3.14. The molecule has 2 heterocycles. The predicted octanol–water partition coefficient (Wildman–Crippen LogP) is 2.12. The summed E-state index contributed by atoms with van der Waals surface area (Å²) >= 11 is 0. The minimum atomic E-state index is -3.55. The lowest BCUT2D eigenvalue weighted by Crippen LogP contribution is -2.36. The monoisotopic (exact) mass is 449 g/mol. The standard InChI is InChI=1S/C21H31N5O4S/c1-15(2)20-11-18(30-26-20)13-24-21(22-3)23-12-16-6-8-19(9-7-16)31(27,28)25-14-17-5-4-10-29-17/h6-9,11,15,17,25H,4-5,10,12-14H2,1-3H3,(H2,22,23,24). The molecule has 9 nitrogen and oxygen atoms in total. The van der Waals surface area contributed by atoms with Gasteiger partial charge in [0.2, 0.25) is 10.0 Å². The van der Waals surface area contributed by atoms with Crippen LogP contribution in [0.5, 0.6) is 0 Å². The van der Waals surface area contributed by atoms with Crippen molar-refractivity contribution < 1.29 is 17.7 Å². The summed E-state index contributed by atoms with van der Waals surface area (Å²) in [6.45, 7) is 6.09. The summed E-state index contributed by atoms with van der Waals surface area (Å²) in [5, 5.41) is 10.4. The van der Waals surface area contributed by atoms with Crippen LogP contribution in [0.4, 0.5) is 0 Å². The lowest BCUT2D eigenvalue weighted by molar-refractivity contribution is 0.114. The Bertz CT molecular complexity index is 964. The van der Waals surface area contributed by atoms with Crippen LogP contribution < -0.4 is 15.4 Å². The lowest BCUT2D eigenvalue weighted by Gasteiger charge is -2.13. The number of hydrogen-bond acceptors (Lipinski definition) is 6. The van der Waals surface area contributed by atoms with Gasteiger partial charge in [0.1, 0.15) is 0 Å². The Morgan fingerprint density at radius 3 is 2.58 bits per heavy atom. The fraction of sp³-hybridized carbons (Fsp3) is 0.524. The Hall–Kier alpha value is -2.43. The molecule has 0 spiro atoms. The molecule has 1 unspecified atom stereocenters. The molecule has 0 aliphatic carbocycles. The molecule has 3 rings (SSSR count). The van der Waals surface area contributed by atoms with E-state index in [0.717, 1.165) is 29.9 Å². The first-order valence-electron chi connectivity index (χ1n) is 10.5. The van der Waals surface area contributed by atoms with Crippen LogP contribution >= 0.6 is 0 Å². The summed E-state index contributed by atoms with van der Waals surface area (Å²) < 4.78 is 38.3. The fourth-order valence-corrected chi connectivity index (χ4v) is 4.21. The second-order valence-electron chi connectivity index (χ2n) is 7.78. The summed E-state index contributed by atoms with van der Waals surface area (Å²) in [6, 6.07) is 8.70. The highest BCUT2D eigenvalue weighted by atomic mass is 32.2. The highest BCUT2D eigenvalue weighted by Crippen LogP contribution is 2.15. The average molecular weight is 450 g/mol. The van der Waals surface area contributed by atoms with E-state index >= 15 is 0 Å². The summed E-state index contributed by atoms with van der Waals surface area (Å²) in [5.41, 5.74) is 1.85. The van der Waals surface area contributed by atoms with Gasteiger partial charge in [0.15, 0.2) is 11.7 Å². The second-order valence-corrected chi connectivity index (χ2v) is 9.55. The van der Waals surface area contributed by atoms with Crippen molar-refractivity contribution >= 4 is 16.0 Å². The van der Waals surface area contributed by atoms with Gasteiger partial charge in [-0.25, -0.2) is 13.1 Å². The van der Waals surface area contributed by atoms with Gasteiger partial charge in [0, 0.05) is 32.8 Å². The third-order valence-corrected chi connectivity index (χ3v) is 6.48. The molecule has 1 aliphatic heterocycles. The van der Waals surface area contributed by atoms with Crippen molar-refractivity contribution in [1.82, 2.24) is 20.5 Å². The Balaban J connectivity index is 1.47. The first-order chi connectivity index (χ1) is 14.9. The Morgan fingerprint density at radius 2 is 1.97 bits per heavy atom. The van der Waals surface area contributed by atoms with Crippen LogP contribution in [0.3, 0.4) is 0 Å². The van der Waals surface area contributed by atoms with Crippen LogP contribution in [0.2, 0.25) is 0 Å². The minimum absolute atomic E-state index is 0.0357. The SMILES string of the molecule is CN=C(NCc1ccc(S(=O)(=O)NCC2CCCO2)cc1)NCc1cc(C(C)C)no1. The smallest absolute Gasteiger partial charge is 0.240 e. The van der Waals surface area contributed by atoms with E-state index in [1.165, 1.54) is 0 Å². The molecule has 0 amide bonds. The molecule has 1 aliphatic rings. The van der Waals surface area contributed by atoms with Gasteiger partial charge < -0.3 is 19.9 Å². The topological polar surface area (TPSA) is 118 Å². The van der Waals surface area contributed by atoms with Crippen LogP contribution in [0.15, 0.2) is 44.7 Å². The molecule has 1 atom stereocenters. The maximum atomic E-state index is 12.5. The number of nitrogens with zero attached hydrogens (tertiary/aromatic N) is 2. The molecule has 2 aromatic rings. The van der Waals surface area contributed by atoms with Crippen molar-refractivity contribution in [3.05, 3.63) is 47.3 Å². The number of aliphatic imine (C=N–C) groups is 1. The van der Waals surface area contributed by atoms with Gasteiger partial charge in [0.05, 0.1) is 23.2 Å². The third-order valence-electron chi connectivity index (χ3n) is 5.04. The van der Waals surface area contributed by atoms with Crippen LogP contribution in [-0.4, -0.2) is 45.8 Å². The molecule has 10 heteroatoms. The van der Waals surface area contributed by atoms with E-state index in [1.54, 1.807) is 31.3 Å². The third kappa shape index (κ3) is 6.78.